The first kappa shape index (κ1) is 21.3. The zero-order chi connectivity index (χ0) is 22.6. The number of rotatable bonds is 7. The highest BCUT2D eigenvalue weighted by Crippen LogP contribution is 2.25. The number of fused-ring (bicyclic) bond motifs is 1. The fraction of sp³-hybridized carbons (Fsp3) is 0.360. The van der Waals surface area contributed by atoms with E-state index < -0.39 is 0 Å². The van der Waals surface area contributed by atoms with E-state index in [0.717, 1.165) is 54.0 Å². The molecule has 170 valence electrons. The van der Waals surface area contributed by atoms with E-state index in [1.165, 1.54) is 0 Å². The van der Waals surface area contributed by atoms with Gasteiger partial charge in [-0.1, -0.05) is 44.2 Å². The first-order valence-electron chi connectivity index (χ1n) is 11.6. The van der Waals surface area contributed by atoms with E-state index in [1.807, 2.05) is 42.7 Å². The van der Waals surface area contributed by atoms with Crippen LogP contribution in [-0.2, 0) is 6.54 Å². The van der Waals surface area contributed by atoms with E-state index in [4.69, 9.17) is 14.7 Å². The first-order valence-corrected chi connectivity index (χ1v) is 11.6. The van der Waals surface area contributed by atoms with Crippen molar-refractivity contribution in [3.05, 3.63) is 66.0 Å². The summed E-state index contributed by atoms with van der Waals surface area (Å²) in [6, 6.07) is 14.6. The molecule has 0 aliphatic carbocycles. The second-order valence-electron chi connectivity index (χ2n) is 8.63. The minimum absolute atomic E-state index is 0.0735. The van der Waals surface area contributed by atoms with E-state index in [0.29, 0.717) is 24.4 Å². The summed E-state index contributed by atoms with van der Waals surface area (Å²) in [7, 11) is 0. The minimum Gasteiger partial charge on any atom is -0.459 e. The van der Waals surface area contributed by atoms with Gasteiger partial charge in [-0.25, -0.2) is 0 Å². The van der Waals surface area contributed by atoms with Crippen molar-refractivity contribution < 1.29 is 4.74 Å². The molecule has 0 radical (unpaired) electrons. The maximum atomic E-state index is 6.18. The molecule has 0 spiro atoms. The molecule has 1 atom stereocenters. The predicted molar refractivity (Wildman–Crippen MR) is 128 cm³/mol. The highest BCUT2D eigenvalue weighted by Gasteiger charge is 2.20. The van der Waals surface area contributed by atoms with Crippen LogP contribution >= 0.6 is 0 Å². The summed E-state index contributed by atoms with van der Waals surface area (Å²) in [5, 5.41) is 11.4. The molecular formula is C25H29N7O. The van der Waals surface area contributed by atoms with E-state index >= 15 is 0 Å². The van der Waals surface area contributed by atoms with Crippen molar-refractivity contribution >= 4 is 11.6 Å². The van der Waals surface area contributed by atoms with Crippen LogP contribution in [0, 0.1) is 0 Å². The Morgan fingerprint density at radius 3 is 2.82 bits per heavy atom. The Morgan fingerprint density at radius 2 is 2.03 bits per heavy atom. The molecule has 2 N–H and O–H groups in total. The van der Waals surface area contributed by atoms with Crippen molar-refractivity contribution in [3.8, 4) is 17.3 Å². The average Bonchev–Trinajstić information content (AvgIpc) is 3.28. The molecule has 8 nitrogen and oxygen atoms in total. The van der Waals surface area contributed by atoms with Crippen molar-refractivity contribution in [2.45, 2.75) is 45.3 Å². The van der Waals surface area contributed by atoms with Crippen LogP contribution < -0.4 is 15.4 Å². The lowest BCUT2D eigenvalue weighted by atomic mass is 10.0. The minimum atomic E-state index is 0.0735. The summed E-state index contributed by atoms with van der Waals surface area (Å²) >= 11 is 0. The van der Waals surface area contributed by atoms with Gasteiger partial charge in [0, 0.05) is 30.4 Å². The number of piperidine rings is 1. The van der Waals surface area contributed by atoms with Crippen LogP contribution in [0.3, 0.4) is 0 Å². The SMILES string of the molecule is CC(C)c1cnn2c(NCc3ccccc3-c3ccccn3)nc(O[C@@H]3CCCNC3)nc12. The lowest BCUT2D eigenvalue weighted by molar-refractivity contribution is 0.153. The van der Waals surface area contributed by atoms with Gasteiger partial charge in [-0.15, -0.1) is 0 Å². The molecule has 1 aromatic carbocycles. The molecule has 0 saturated carbocycles. The smallest absolute Gasteiger partial charge is 0.322 e. The van der Waals surface area contributed by atoms with E-state index in [9.17, 15) is 0 Å². The highest BCUT2D eigenvalue weighted by molar-refractivity contribution is 5.64. The Kier molecular flexibility index (Phi) is 6.17. The van der Waals surface area contributed by atoms with Crippen LogP contribution in [0.4, 0.5) is 5.95 Å². The number of pyridine rings is 1. The molecule has 1 saturated heterocycles. The maximum Gasteiger partial charge on any atom is 0.322 e. The molecular weight excluding hydrogens is 414 g/mol. The number of nitrogens with one attached hydrogen (secondary N) is 2. The van der Waals surface area contributed by atoms with Gasteiger partial charge in [-0.3, -0.25) is 4.98 Å². The second-order valence-corrected chi connectivity index (χ2v) is 8.63. The number of anilines is 1. The van der Waals surface area contributed by atoms with Gasteiger partial charge in [0.2, 0.25) is 5.95 Å². The molecule has 1 aliphatic heterocycles. The van der Waals surface area contributed by atoms with E-state index in [-0.39, 0.29) is 6.10 Å². The molecule has 4 heterocycles. The number of hydrogen-bond donors (Lipinski definition) is 2. The quantitative estimate of drug-likeness (QED) is 0.445. The van der Waals surface area contributed by atoms with Crippen LogP contribution in [-0.4, -0.2) is 43.8 Å². The summed E-state index contributed by atoms with van der Waals surface area (Å²) in [6.45, 7) is 6.69. The molecule has 33 heavy (non-hydrogen) atoms. The summed E-state index contributed by atoms with van der Waals surface area (Å²) in [4.78, 5) is 13.9. The average molecular weight is 444 g/mol. The Bertz CT molecular complexity index is 1220. The standard InChI is InChI=1S/C25H29N7O/c1-17(2)21-16-29-32-23(21)30-25(33-19-9-7-12-26-15-19)31-24(32)28-14-18-8-3-4-10-20(18)22-11-5-6-13-27-22/h3-6,8,10-11,13,16-17,19,26H,7,9,12,14-15H2,1-2H3,(H,28,30,31)/t19-/m1/s1. The van der Waals surface area contributed by atoms with Gasteiger partial charge in [0.1, 0.15) is 6.10 Å². The van der Waals surface area contributed by atoms with Crippen LogP contribution in [0.15, 0.2) is 54.9 Å². The van der Waals surface area contributed by atoms with E-state index in [2.05, 4.69) is 46.7 Å². The van der Waals surface area contributed by atoms with Gasteiger partial charge in [-0.05, 0) is 43.0 Å². The van der Waals surface area contributed by atoms with Gasteiger partial charge in [0.15, 0.2) is 5.65 Å². The fourth-order valence-electron chi connectivity index (χ4n) is 4.14. The van der Waals surface area contributed by atoms with Crippen molar-refractivity contribution in [2.75, 3.05) is 18.4 Å². The van der Waals surface area contributed by atoms with Crippen LogP contribution in [0.1, 0.15) is 43.7 Å². The third-order valence-electron chi connectivity index (χ3n) is 5.92. The van der Waals surface area contributed by atoms with Gasteiger partial charge in [0.25, 0.3) is 0 Å². The summed E-state index contributed by atoms with van der Waals surface area (Å²) < 4.78 is 7.95. The third-order valence-corrected chi connectivity index (χ3v) is 5.92. The molecule has 4 aromatic rings. The van der Waals surface area contributed by atoms with Crippen molar-refractivity contribution in [1.82, 2.24) is 29.9 Å². The number of benzene rings is 1. The fourth-order valence-corrected chi connectivity index (χ4v) is 4.14. The number of nitrogens with zero attached hydrogens (tertiary/aromatic N) is 5. The number of ether oxygens (including phenoxy) is 1. The van der Waals surface area contributed by atoms with Gasteiger partial charge in [0.05, 0.1) is 11.9 Å². The summed E-state index contributed by atoms with van der Waals surface area (Å²) in [5.41, 5.74) is 5.00. The molecule has 8 heteroatoms. The predicted octanol–water partition coefficient (Wildman–Crippen LogP) is 4.05. The molecule has 0 bridgehead atoms. The Morgan fingerprint density at radius 1 is 1.15 bits per heavy atom. The van der Waals surface area contributed by atoms with Gasteiger partial charge in [-0.2, -0.15) is 19.6 Å². The lowest BCUT2D eigenvalue weighted by Crippen LogP contribution is -2.37. The molecule has 0 amide bonds. The monoisotopic (exact) mass is 443 g/mol. The number of hydrogen-bond acceptors (Lipinski definition) is 7. The first-order chi connectivity index (χ1) is 16.2. The third kappa shape index (κ3) is 4.66. The van der Waals surface area contributed by atoms with Crippen molar-refractivity contribution in [2.24, 2.45) is 0 Å². The maximum absolute atomic E-state index is 6.18. The van der Waals surface area contributed by atoms with Gasteiger partial charge >= 0.3 is 6.01 Å². The highest BCUT2D eigenvalue weighted by atomic mass is 16.5. The normalized spacial score (nSPS) is 16.3. The van der Waals surface area contributed by atoms with E-state index in [1.54, 1.807) is 4.52 Å². The molecule has 0 unspecified atom stereocenters. The molecule has 3 aromatic heterocycles. The van der Waals surface area contributed by atoms with Crippen LogP contribution in [0.25, 0.3) is 16.9 Å². The second kappa shape index (κ2) is 9.54. The number of aromatic nitrogens is 5. The summed E-state index contributed by atoms with van der Waals surface area (Å²) in [5.74, 6) is 0.904. The van der Waals surface area contributed by atoms with Crippen LogP contribution in [0.5, 0.6) is 6.01 Å². The topological polar surface area (TPSA) is 89.3 Å². The van der Waals surface area contributed by atoms with Crippen molar-refractivity contribution in [1.29, 1.82) is 0 Å². The molecule has 1 fully saturated rings. The van der Waals surface area contributed by atoms with Crippen molar-refractivity contribution in [3.63, 3.8) is 0 Å². The largest absolute Gasteiger partial charge is 0.459 e. The zero-order valence-electron chi connectivity index (χ0n) is 19.0. The Labute approximate surface area is 193 Å². The zero-order valence-corrected chi connectivity index (χ0v) is 19.0. The Hall–Kier alpha value is -3.52. The molecule has 1 aliphatic rings. The molecule has 5 rings (SSSR count). The Balaban J connectivity index is 1.46. The van der Waals surface area contributed by atoms with Crippen LogP contribution in [0.2, 0.25) is 0 Å². The van der Waals surface area contributed by atoms with Gasteiger partial charge < -0.3 is 15.4 Å². The summed E-state index contributed by atoms with van der Waals surface area (Å²) in [6.07, 6.45) is 5.84. The lowest BCUT2D eigenvalue weighted by Gasteiger charge is -2.23.